The molecule has 0 aliphatic rings. The minimum Gasteiger partial charge on any atom is -0.360 e. The molecule has 0 bridgehead atoms. The summed E-state index contributed by atoms with van der Waals surface area (Å²) >= 11 is 3.36. The van der Waals surface area contributed by atoms with E-state index < -0.39 is 0 Å². The highest BCUT2D eigenvalue weighted by Crippen LogP contribution is 2.28. The molecule has 5 heteroatoms. The van der Waals surface area contributed by atoms with E-state index in [4.69, 9.17) is 0 Å². The Morgan fingerprint density at radius 1 is 1.22 bits per heavy atom. The molecule has 2 rings (SSSR count). The van der Waals surface area contributed by atoms with Crippen molar-refractivity contribution < 1.29 is 0 Å². The largest absolute Gasteiger partial charge is 0.360 e. The first-order valence-electron chi connectivity index (χ1n) is 6.03. The third-order valence-corrected chi connectivity index (χ3v) is 4.50. The Bertz CT molecular complexity index is 479. The number of thioether (sulfide) groups is 1. The van der Waals surface area contributed by atoms with Gasteiger partial charge >= 0.3 is 0 Å². The number of hydrogen-bond donors (Lipinski definition) is 1. The first-order valence-corrected chi connectivity index (χ1v) is 7.84. The molecule has 0 fully saturated rings. The van der Waals surface area contributed by atoms with E-state index >= 15 is 0 Å². The molecule has 1 aromatic carbocycles. The van der Waals surface area contributed by atoms with Crippen molar-refractivity contribution in [2.45, 2.75) is 30.4 Å². The second-order valence-electron chi connectivity index (χ2n) is 4.07. The van der Waals surface area contributed by atoms with Gasteiger partial charge in [-0.05, 0) is 18.9 Å². The van der Waals surface area contributed by atoms with Gasteiger partial charge in [-0.2, -0.15) is 0 Å². The summed E-state index contributed by atoms with van der Waals surface area (Å²) in [4.78, 5) is 0. The Morgan fingerprint density at radius 3 is 2.72 bits per heavy atom. The van der Waals surface area contributed by atoms with E-state index in [1.165, 1.54) is 11.1 Å². The molecule has 0 amide bonds. The van der Waals surface area contributed by atoms with E-state index in [1.807, 2.05) is 0 Å². The predicted octanol–water partition coefficient (Wildman–Crippen LogP) is 3.96. The molecular formula is C13H17N3S2. The Kier molecular flexibility index (Phi) is 5.01. The van der Waals surface area contributed by atoms with Crippen LogP contribution in [-0.2, 0) is 5.75 Å². The quantitative estimate of drug-likeness (QED) is 0.812. The van der Waals surface area contributed by atoms with Crippen molar-refractivity contribution in [2.24, 2.45) is 0 Å². The molecule has 0 radical (unpaired) electrons. The van der Waals surface area contributed by atoms with Crippen molar-refractivity contribution >= 4 is 28.2 Å². The van der Waals surface area contributed by atoms with Gasteiger partial charge in [-0.3, -0.25) is 0 Å². The zero-order chi connectivity index (χ0) is 12.8. The number of aromatic nitrogens is 2. The molecule has 1 heterocycles. The maximum absolute atomic E-state index is 4.17. The molecule has 0 saturated heterocycles. The van der Waals surface area contributed by atoms with Gasteiger partial charge in [0.25, 0.3) is 0 Å². The predicted molar refractivity (Wildman–Crippen MR) is 79.4 cm³/mol. The Labute approximate surface area is 116 Å². The number of hydrogen-bond acceptors (Lipinski definition) is 5. The molecule has 96 valence electrons. The number of rotatable bonds is 6. The topological polar surface area (TPSA) is 37.8 Å². The third-order valence-electron chi connectivity index (χ3n) is 2.42. The first kappa shape index (κ1) is 13.4. The summed E-state index contributed by atoms with van der Waals surface area (Å²) < 4.78 is 1.02. The number of anilines is 1. The van der Waals surface area contributed by atoms with Crippen molar-refractivity contribution in [2.75, 3.05) is 11.9 Å². The van der Waals surface area contributed by atoms with Gasteiger partial charge in [0.1, 0.15) is 0 Å². The molecule has 3 nitrogen and oxygen atoms in total. The monoisotopic (exact) mass is 279 g/mol. The SMILES string of the molecule is CCCNc1nnc(SCc2ccc(C)cc2)s1. The minimum absolute atomic E-state index is 0.920. The summed E-state index contributed by atoms with van der Waals surface area (Å²) in [6.45, 7) is 5.20. The Balaban J connectivity index is 1.86. The molecular weight excluding hydrogens is 262 g/mol. The van der Waals surface area contributed by atoms with Crippen LogP contribution in [0.15, 0.2) is 28.6 Å². The van der Waals surface area contributed by atoms with Crippen LogP contribution in [0, 0.1) is 6.92 Å². The molecule has 0 spiro atoms. The van der Waals surface area contributed by atoms with Crippen LogP contribution in [0.5, 0.6) is 0 Å². The van der Waals surface area contributed by atoms with Crippen LogP contribution in [0.4, 0.5) is 5.13 Å². The molecule has 1 aromatic heterocycles. The Hall–Kier alpha value is -1.07. The second kappa shape index (κ2) is 6.75. The van der Waals surface area contributed by atoms with Crippen molar-refractivity contribution in [1.82, 2.24) is 10.2 Å². The fourth-order valence-electron chi connectivity index (χ4n) is 1.40. The maximum Gasteiger partial charge on any atom is 0.206 e. The average Bonchev–Trinajstić information content (AvgIpc) is 2.84. The van der Waals surface area contributed by atoms with Gasteiger partial charge in [-0.25, -0.2) is 0 Å². The van der Waals surface area contributed by atoms with Gasteiger partial charge < -0.3 is 5.32 Å². The van der Waals surface area contributed by atoms with E-state index in [0.717, 1.165) is 28.2 Å². The summed E-state index contributed by atoms with van der Waals surface area (Å²) in [6.07, 6.45) is 1.10. The molecule has 18 heavy (non-hydrogen) atoms. The fourth-order valence-corrected chi connectivity index (χ4v) is 3.13. The minimum atomic E-state index is 0.920. The van der Waals surface area contributed by atoms with Gasteiger partial charge in [0, 0.05) is 12.3 Å². The maximum atomic E-state index is 4.17. The van der Waals surface area contributed by atoms with Crippen LogP contribution < -0.4 is 5.32 Å². The highest BCUT2D eigenvalue weighted by atomic mass is 32.2. The fraction of sp³-hybridized carbons (Fsp3) is 0.385. The van der Waals surface area contributed by atoms with E-state index in [-0.39, 0.29) is 0 Å². The second-order valence-corrected chi connectivity index (χ2v) is 6.27. The standard InChI is InChI=1S/C13H17N3S2/c1-3-8-14-12-15-16-13(18-12)17-9-11-6-4-10(2)5-7-11/h4-7H,3,8-9H2,1-2H3,(H,14,15). The summed E-state index contributed by atoms with van der Waals surface area (Å²) in [6, 6.07) is 8.62. The van der Waals surface area contributed by atoms with Gasteiger partial charge in [-0.1, -0.05) is 59.9 Å². The lowest BCUT2D eigenvalue weighted by atomic mass is 10.2. The number of aryl methyl sites for hydroxylation is 1. The van der Waals surface area contributed by atoms with Crippen LogP contribution in [0.1, 0.15) is 24.5 Å². The normalized spacial score (nSPS) is 10.6. The summed E-state index contributed by atoms with van der Waals surface area (Å²) in [7, 11) is 0. The average molecular weight is 279 g/mol. The molecule has 0 unspecified atom stereocenters. The van der Waals surface area contributed by atoms with E-state index in [2.05, 4.69) is 53.6 Å². The molecule has 0 saturated carbocycles. The van der Waals surface area contributed by atoms with Crippen molar-refractivity contribution in [3.63, 3.8) is 0 Å². The van der Waals surface area contributed by atoms with Crippen LogP contribution in [0.25, 0.3) is 0 Å². The van der Waals surface area contributed by atoms with E-state index in [9.17, 15) is 0 Å². The van der Waals surface area contributed by atoms with Crippen molar-refractivity contribution in [1.29, 1.82) is 0 Å². The summed E-state index contributed by atoms with van der Waals surface area (Å²) in [5, 5.41) is 12.5. The first-order chi connectivity index (χ1) is 8.78. The van der Waals surface area contributed by atoms with Gasteiger partial charge in [0.15, 0.2) is 4.34 Å². The van der Waals surface area contributed by atoms with E-state index in [0.29, 0.717) is 0 Å². The highest BCUT2D eigenvalue weighted by molar-refractivity contribution is 8.00. The number of nitrogens with one attached hydrogen (secondary N) is 1. The lowest BCUT2D eigenvalue weighted by Gasteiger charge is -1.99. The third kappa shape index (κ3) is 3.99. The van der Waals surface area contributed by atoms with Crippen molar-refractivity contribution in [3.05, 3.63) is 35.4 Å². The van der Waals surface area contributed by atoms with Crippen LogP contribution in [-0.4, -0.2) is 16.7 Å². The molecule has 1 N–H and O–H groups in total. The zero-order valence-electron chi connectivity index (χ0n) is 10.6. The van der Waals surface area contributed by atoms with Crippen LogP contribution in [0.2, 0.25) is 0 Å². The van der Waals surface area contributed by atoms with Gasteiger partial charge in [-0.15, -0.1) is 10.2 Å². The molecule has 2 aromatic rings. The van der Waals surface area contributed by atoms with Crippen LogP contribution in [0.3, 0.4) is 0 Å². The summed E-state index contributed by atoms with van der Waals surface area (Å²) in [5.74, 6) is 0.947. The molecule has 0 atom stereocenters. The highest BCUT2D eigenvalue weighted by Gasteiger charge is 2.04. The smallest absolute Gasteiger partial charge is 0.206 e. The van der Waals surface area contributed by atoms with Crippen molar-refractivity contribution in [3.8, 4) is 0 Å². The summed E-state index contributed by atoms with van der Waals surface area (Å²) in [5.41, 5.74) is 2.62. The van der Waals surface area contributed by atoms with E-state index in [1.54, 1.807) is 23.1 Å². The van der Waals surface area contributed by atoms with Gasteiger partial charge in [0.2, 0.25) is 5.13 Å². The zero-order valence-corrected chi connectivity index (χ0v) is 12.3. The number of nitrogens with zero attached hydrogens (tertiary/aromatic N) is 2. The lowest BCUT2D eigenvalue weighted by molar-refractivity contribution is 0.951. The molecule has 0 aliphatic heterocycles. The number of benzene rings is 1. The van der Waals surface area contributed by atoms with Crippen LogP contribution >= 0.6 is 23.1 Å². The molecule has 0 aliphatic carbocycles. The lowest BCUT2D eigenvalue weighted by Crippen LogP contribution is -1.98. The van der Waals surface area contributed by atoms with Gasteiger partial charge in [0.05, 0.1) is 0 Å². The Morgan fingerprint density at radius 2 is 2.00 bits per heavy atom.